The fourth-order valence-electron chi connectivity index (χ4n) is 9.54. The van der Waals surface area contributed by atoms with Crippen molar-refractivity contribution >= 4 is 54.0 Å². The van der Waals surface area contributed by atoms with E-state index < -0.39 is 25.9 Å². The molecule has 2 fully saturated rings. The number of aliphatic hydroxyl groups is 1. The van der Waals surface area contributed by atoms with E-state index in [-0.39, 0.29) is 54.9 Å². The third-order valence-corrected chi connectivity index (χ3v) is 17.1. The van der Waals surface area contributed by atoms with Gasteiger partial charge in [0, 0.05) is 41.9 Å². The summed E-state index contributed by atoms with van der Waals surface area (Å²) in [6.45, 7) is 8.81. The van der Waals surface area contributed by atoms with Crippen LogP contribution in [0.25, 0.3) is 0 Å². The lowest BCUT2D eigenvalue weighted by Crippen LogP contribution is -2.54. The van der Waals surface area contributed by atoms with Crippen LogP contribution >= 0.6 is 11.6 Å². The Bertz CT molecular complexity index is 2360. The molecule has 1 aromatic heterocycles. The molecule has 59 heavy (non-hydrogen) atoms. The number of nitrogens with zero attached hydrogens (tertiary/aromatic N) is 5. The topological polar surface area (TPSA) is 136 Å². The minimum absolute atomic E-state index is 0.0114. The highest BCUT2D eigenvalue weighted by atomic mass is 35.5. The number of carbonyl (C=O) groups excluding carboxylic acids is 3. The maximum atomic E-state index is 15.3. The average molecular weight is 834 g/mol. The van der Waals surface area contributed by atoms with Gasteiger partial charge in [-0.25, -0.2) is 0 Å². The Balaban J connectivity index is 1.11. The largest absolute Gasteiger partial charge is 0.497 e. The first kappa shape index (κ1) is 40.4. The van der Waals surface area contributed by atoms with Gasteiger partial charge in [0.05, 0.1) is 58.2 Å². The lowest BCUT2D eigenvalue weighted by molar-refractivity contribution is -0.154. The smallest absolute Gasteiger partial charge is 0.304 e. The number of hydrogen-bond acceptors (Lipinski definition) is 9. The van der Waals surface area contributed by atoms with Gasteiger partial charge in [-0.05, 0) is 65.6 Å². The van der Waals surface area contributed by atoms with Crippen molar-refractivity contribution in [2.45, 2.75) is 82.3 Å². The van der Waals surface area contributed by atoms with Gasteiger partial charge in [-0.1, -0.05) is 96.6 Å². The maximum absolute atomic E-state index is 15.3. The van der Waals surface area contributed by atoms with E-state index in [2.05, 4.69) is 42.5 Å². The number of aromatic nitrogens is 3. The predicted octanol–water partition coefficient (Wildman–Crippen LogP) is 6.54. The van der Waals surface area contributed by atoms with Gasteiger partial charge in [0.1, 0.15) is 5.75 Å². The molecule has 4 heterocycles. The van der Waals surface area contributed by atoms with Gasteiger partial charge in [-0.2, -0.15) is 0 Å². The number of hydrogen-bond donors (Lipinski definition) is 1. The molecule has 2 saturated heterocycles. The molecule has 3 aliphatic rings. The summed E-state index contributed by atoms with van der Waals surface area (Å²) in [5.41, 5.74) is 3.27. The van der Waals surface area contributed by atoms with E-state index >= 15 is 4.79 Å². The number of rotatable bonds is 13. The molecule has 0 aliphatic carbocycles. The average Bonchev–Trinajstić information content (AvgIpc) is 3.88. The Hall–Kier alpha value is -5.34. The number of benzene rings is 4. The van der Waals surface area contributed by atoms with Crippen molar-refractivity contribution < 1.29 is 33.7 Å². The molecule has 0 radical (unpaired) electrons. The second-order valence-electron chi connectivity index (χ2n) is 16.2. The van der Waals surface area contributed by atoms with E-state index in [1.807, 2.05) is 85.1 Å². The summed E-state index contributed by atoms with van der Waals surface area (Å²) in [5, 5.41) is 21.0. The standard InChI is InChI=1S/C45H48ClN5O7Si/c1-28-43(59(4,5)35-18-16-34(56-3)17-19-35)40(21-22-49-26-38(47-48-49)36(27-52)31-9-7-6-8-10-31)58-45(28)37-23-32(46)13-20-39(37)50(44(45)55)25-30-11-14-33(15-12-30)51-41(54)24-42(51)57-29(2)53/h6-20,23,26,28,36,40,42-43,52H,21-22,24-25,27H2,1-5H3/t28-,36?,40+,42?,43-,45+/m1/s1. The fourth-order valence-corrected chi connectivity index (χ4v) is 13.8. The van der Waals surface area contributed by atoms with Crippen LogP contribution in [0.3, 0.4) is 0 Å². The fraction of sp³-hybridized carbons (Fsp3) is 0.356. The van der Waals surface area contributed by atoms with E-state index in [9.17, 15) is 14.7 Å². The summed E-state index contributed by atoms with van der Waals surface area (Å²) in [5.74, 6) is -0.500. The summed E-state index contributed by atoms with van der Waals surface area (Å²) in [6.07, 6.45) is 1.63. The lowest BCUT2D eigenvalue weighted by atomic mass is 9.82. The molecule has 306 valence electrons. The molecule has 1 N–H and O–H groups in total. The number of carbonyl (C=O) groups is 3. The molecule has 3 aliphatic heterocycles. The van der Waals surface area contributed by atoms with Crippen LogP contribution in [-0.4, -0.2) is 72.0 Å². The van der Waals surface area contributed by atoms with Crippen molar-refractivity contribution in [1.82, 2.24) is 15.0 Å². The zero-order valence-corrected chi connectivity index (χ0v) is 35.5. The number of fused-ring (bicyclic) bond motifs is 2. The molecule has 14 heteroatoms. The minimum atomic E-state index is -2.43. The highest BCUT2D eigenvalue weighted by molar-refractivity contribution is 6.91. The van der Waals surface area contributed by atoms with Gasteiger partial charge in [0.15, 0.2) is 11.8 Å². The zero-order valence-electron chi connectivity index (χ0n) is 33.7. The normalized spacial score (nSPS) is 23.0. The van der Waals surface area contributed by atoms with Crippen LogP contribution in [0.4, 0.5) is 11.4 Å². The second-order valence-corrected chi connectivity index (χ2v) is 21.4. The van der Waals surface area contributed by atoms with Crippen LogP contribution in [-0.2, 0) is 42.5 Å². The Labute approximate surface area is 349 Å². The molecular formula is C45H48ClN5O7Si. The molecule has 1 spiro atoms. The molecular weight excluding hydrogens is 786 g/mol. The lowest BCUT2D eigenvalue weighted by Gasteiger charge is -2.39. The summed E-state index contributed by atoms with van der Waals surface area (Å²) < 4.78 is 19.9. The Morgan fingerprint density at radius 3 is 2.42 bits per heavy atom. The molecule has 6 atom stereocenters. The van der Waals surface area contributed by atoms with Crippen molar-refractivity contribution in [3.05, 3.63) is 131 Å². The SMILES string of the molecule is COc1ccc([Si](C)(C)[C@H]2[C@H](CCn3cc(C(CO)c4ccccc4)nn3)O[C@@]3(C(=O)N(Cc4ccc(N5C(=O)CC5OC(C)=O)cc4)c4ccc(Cl)cc43)[C@@H]2C)cc1. The quantitative estimate of drug-likeness (QED) is 0.0797. The molecule has 2 amide bonds. The predicted molar refractivity (Wildman–Crippen MR) is 226 cm³/mol. The second kappa shape index (κ2) is 16.0. The highest BCUT2D eigenvalue weighted by Crippen LogP contribution is 2.60. The molecule has 5 aromatic rings. The molecule has 12 nitrogen and oxygen atoms in total. The number of anilines is 2. The maximum Gasteiger partial charge on any atom is 0.304 e. The number of amides is 2. The van der Waals surface area contributed by atoms with Crippen molar-refractivity contribution in [3.63, 3.8) is 0 Å². The highest BCUT2D eigenvalue weighted by Gasteiger charge is 2.66. The van der Waals surface area contributed by atoms with Crippen molar-refractivity contribution in [2.24, 2.45) is 5.92 Å². The Morgan fingerprint density at radius 1 is 1.03 bits per heavy atom. The van der Waals surface area contributed by atoms with E-state index in [1.165, 1.54) is 17.0 Å². The Kier molecular flexibility index (Phi) is 11.0. The molecule has 2 unspecified atom stereocenters. The van der Waals surface area contributed by atoms with Gasteiger partial charge >= 0.3 is 5.97 Å². The molecule has 0 bridgehead atoms. The third-order valence-electron chi connectivity index (χ3n) is 12.5. The first-order valence-electron chi connectivity index (χ1n) is 19.9. The minimum Gasteiger partial charge on any atom is -0.497 e. The Morgan fingerprint density at radius 2 is 1.76 bits per heavy atom. The summed E-state index contributed by atoms with van der Waals surface area (Å²) >= 11 is 6.73. The number of β-lactam (4-membered cyclic amide) rings is 1. The number of ether oxygens (including phenoxy) is 3. The number of aryl methyl sites for hydroxylation is 1. The van der Waals surface area contributed by atoms with Crippen molar-refractivity contribution in [3.8, 4) is 5.75 Å². The van der Waals surface area contributed by atoms with E-state index in [0.29, 0.717) is 29.4 Å². The molecule has 4 aromatic carbocycles. The van der Waals surface area contributed by atoms with Crippen molar-refractivity contribution in [1.29, 1.82) is 0 Å². The van der Waals surface area contributed by atoms with E-state index in [0.717, 1.165) is 28.1 Å². The first-order valence-corrected chi connectivity index (χ1v) is 23.4. The van der Waals surface area contributed by atoms with Gasteiger partial charge in [0.2, 0.25) is 5.91 Å². The van der Waals surface area contributed by atoms with Crippen LogP contribution in [0.2, 0.25) is 23.7 Å². The van der Waals surface area contributed by atoms with Crippen LogP contribution in [0.15, 0.2) is 103 Å². The van der Waals surface area contributed by atoms with Gasteiger partial charge < -0.3 is 24.2 Å². The zero-order chi connectivity index (χ0) is 41.6. The van der Waals surface area contributed by atoms with Crippen LogP contribution < -0.4 is 19.7 Å². The molecule has 8 rings (SSSR count). The number of methoxy groups -OCH3 is 1. The summed E-state index contributed by atoms with van der Waals surface area (Å²) in [4.78, 5) is 42.6. The number of esters is 1. The van der Waals surface area contributed by atoms with E-state index in [4.69, 9.17) is 25.8 Å². The van der Waals surface area contributed by atoms with Gasteiger partial charge in [-0.15, -0.1) is 5.10 Å². The third kappa shape index (κ3) is 7.24. The monoisotopic (exact) mass is 833 g/mol. The molecule has 0 saturated carbocycles. The summed E-state index contributed by atoms with van der Waals surface area (Å²) in [6, 6.07) is 31.0. The van der Waals surface area contributed by atoms with Crippen molar-refractivity contribution in [2.75, 3.05) is 23.5 Å². The van der Waals surface area contributed by atoms with Crippen LogP contribution in [0.1, 0.15) is 55.0 Å². The number of aliphatic hydroxyl groups excluding tert-OH is 1. The first-order chi connectivity index (χ1) is 28.3. The van der Waals surface area contributed by atoms with Crippen LogP contribution in [0.5, 0.6) is 5.75 Å². The number of halogens is 1. The van der Waals surface area contributed by atoms with Gasteiger partial charge in [-0.3, -0.25) is 24.0 Å². The van der Waals surface area contributed by atoms with Gasteiger partial charge in [0.25, 0.3) is 5.91 Å². The summed E-state index contributed by atoms with van der Waals surface area (Å²) in [7, 11) is -0.768. The van der Waals surface area contributed by atoms with E-state index in [1.54, 1.807) is 22.8 Å². The van der Waals surface area contributed by atoms with Crippen LogP contribution in [0, 0.1) is 5.92 Å².